The van der Waals surface area contributed by atoms with Crippen LogP contribution in [0, 0.1) is 0 Å². The summed E-state index contributed by atoms with van der Waals surface area (Å²) in [4.78, 5) is 3.96. The molecule has 0 aliphatic rings. The van der Waals surface area contributed by atoms with Crippen LogP contribution < -0.4 is 4.74 Å². The molecule has 1 N–H and O–H groups in total. The van der Waals surface area contributed by atoms with E-state index >= 15 is 0 Å². The Morgan fingerprint density at radius 2 is 1.86 bits per heavy atom. The number of phenolic OH excluding ortho intramolecular Hbond substituents is 1. The van der Waals surface area contributed by atoms with Crippen LogP contribution in [-0.2, 0) is 6.18 Å². The lowest BCUT2D eigenvalue weighted by Crippen LogP contribution is -2.04. The molecule has 0 amide bonds. The second kappa shape index (κ2) is 5.87. The van der Waals surface area contributed by atoms with Crippen LogP contribution in [0.15, 0.2) is 47.5 Å². The minimum atomic E-state index is -4.48. The van der Waals surface area contributed by atoms with E-state index in [2.05, 4.69) is 4.99 Å². The first-order valence-corrected chi connectivity index (χ1v) is 5.98. The molecule has 6 heteroatoms. The zero-order valence-corrected chi connectivity index (χ0v) is 11.1. The molecule has 0 aliphatic carbocycles. The number of aliphatic imine (C=N–C) groups is 1. The largest absolute Gasteiger partial charge is 0.507 e. The quantitative estimate of drug-likeness (QED) is 0.863. The van der Waals surface area contributed by atoms with E-state index < -0.39 is 11.7 Å². The number of ether oxygens (including phenoxy) is 1. The molecule has 110 valence electrons. The van der Waals surface area contributed by atoms with E-state index in [0.717, 1.165) is 12.1 Å². The molecule has 0 heterocycles. The number of hydrogen-bond acceptors (Lipinski definition) is 3. The molecular formula is C15H12F3NO2. The van der Waals surface area contributed by atoms with Gasteiger partial charge in [-0.2, -0.15) is 13.2 Å². The Hall–Kier alpha value is -2.50. The van der Waals surface area contributed by atoms with Crippen molar-refractivity contribution in [3.63, 3.8) is 0 Å². The second-order valence-electron chi connectivity index (χ2n) is 4.23. The summed E-state index contributed by atoms with van der Waals surface area (Å²) in [6.07, 6.45) is -3.18. The number of para-hydroxylation sites is 1. The molecule has 0 spiro atoms. The number of hydrogen-bond donors (Lipinski definition) is 1. The predicted octanol–water partition coefficient (Wildman–Crippen LogP) is 4.17. The van der Waals surface area contributed by atoms with Gasteiger partial charge < -0.3 is 9.84 Å². The number of nitrogens with zero attached hydrogens (tertiary/aromatic N) is 1. The maximum atomic E-state index is 12.8. The molecular weight excluding hydrogens is 283 g/mol. The third-order valence-corrected chi connectivity index (χ3v) is 2.74. The van der Waals surface area contributed by atoms with Crippen LogP contribution in [-0.4, -0.2) is 18.4 Å². The Labute approximate surface area is 119 Å². The molecule has 3 nitrogen and oxygen atoms in total. The van der Waals surface area contributed by atoms with Gasteiger partial charge in [-0.25, -0.2) is 0 Å². The van der Waals surface area contributed by atoms with Gasteiger partial charge in [0.05, 0.1) is 18.4 Å². The van der Waals surface area contributed by atoms with E-state index in [1.807, 2.05) is 0 Å². The van der Waals surface area contributed by atoms with Gasteiger partial charge in [0.25, 0.3) is 0 Å². The Morgan fingerprint density at radius 1 is 1.14 bits per heavy atom. The number of aromatic hydroxyl groups is 1. The van der Waals surface area contributed by atoms with Crippen molar-refractivity contribution in [2.45, 2.75) is 6.18 Å². The van der Waals surface area contributed by atoms with Crippen molar-refractivity contribution in [1.29, 1.82) is 0 Å². The molecule has 21 heavy (non-hydrogen) atoms. The number of halogens is 3. The predicted molar refractivity (Wildman–Crippen MR) is 73.4 cm³/mol. The van der Waals surface area contributed by atoms with E-state index in [9.17, 15) is 18.3 Å². The average molecular weight is 295 g/mol. The summed E-state index contributed by atoms with van der Waals surface area (Å²) in [6, 6.07) is 9.59. The molecule has 0 saturated heterocycles. The molecule has 0 atom stereocenters. The van der Waals surface area contributed by atoms with E-state index in [4.69, 9.17) is 4.74 Å². The molecule has 0 fully saturated rings. The zero-order chi connectivity index (χ0) is 15.5. The second-order valence-corrected chi connectivity index (χ2v) is 4.23. The van der Waals surface area contributed by atoms with Crippen LogP contribution in [0.2, 0.25) is 0 Å². The Morgan fingerprint density at radius 3 is 2.48 bits per heavy atom. The standard InChI is InChI=1S/C15H12F3NO2/c1-21-13-7-11(15(16,17)18)6-12(8-13)19-9-10-4-2-3-5-14(10)20/h2-9,20H,1H3. The summed E-state index contributed by atoms with van der Waals surface area (Å²) in [6.45, 7) is 0. The SMILES string of the molecule is COc1cc(N=Cc2ccccc2O)cc(C(F)(F)F)c1. The fraction of sp³-hybridized carbons (Fsp3) is 0.133. The summed E-state index contributed by atoms with van der Waals surface area (Å²) in [5, 5.41) is 9.58. The van der Waals surface area contributed by atoms with Crippen molar-refractivity contribution >= 4 is 11.9 Å². The first kappa shape index (κ1) is 14.9. The summed E-state index contributed by atoms with van der Waals surface area (Å²) in [5.74, 6) is 0.0643. The highest BCUT2D eigenvalue weighted by atomic mass is 19.4. The number of benzene rings is 2. The third-order valence-electron chi connectivity index (χ3n) is 2.74. The molecule has 0 radical (unpaired) electrons. The van der Waals surface area contributed by atoms with Crippen LogP contribution in [0.25, 0.3) is 0 Å². The van der Waals surface area contributed by atoms with Gasteiger partial charge in [-0.15, -0.1) is 0 Å². The molecule has 0 saturated carbocycles. The minimum Gasteiger partial charge on any atom is -0.507 e. The fourth-order valence-corrected chi connectivity index (χ4v) is 1.68. The molecule has 2 aromatic rings. The minimum absolute atomic E-state index is 0.000177. The lowest BCUT2D eigenvalue weighted by molar-refractivity contribution is -0.137. The topological polar surface area (TPSA) is 41.8 Å². The Bertz CT molecular complexity index is 666. The van der Waals surface area contributed by atoms with Gasteiger partial charge in [-0.3, -0.25) is 4.99 Å². The number of rotatable bonds is 3. The summed E-state index contributed by atoms with van der Waals surface area (Å²) in [5.41, 5.74) is -0.343. The van der Waals surface area contributed by atoms with Gasteiger partial charge >= 0.3 is 6.18 Å². The average Bonchev–Trinajstić information content (AvgIpc) is 2.45. The van der Waals surface area contributed by atoms with E-state index in [1.54, 1.807) is 18.2 Å². The highest BCUT2D eigenvalue weighted by Crippen LogP contribution is 2.35. The van der Waals surface area contributed by atoms with E-state index in [1.165, 1.54) is 25.5 Å². The molecule has 0 unspecified atom stereocenters. The van der Waals surface area contributed by atoms with Gasteiger partial charge in [0.1, 0.15) is 11.5 Å². The smallest absolute Gasteiger partial charge is 0.416 e. The maximum absolute atomic E-state index is 12.8. The Kier molecular flexibility index (Phi) is 4.16. The molecule has 2 aromatic carbocycles. The van der Waals surface area contributed by atoms with Crippen molar-refractivity contribution < 1.29 is 23.0 Å². The summed E-state index contributed by atoms with van der Waals surface area (Å²) in [7, 11) is 1.28. The van der Waals surface area contributed by atoms with Gasteiger partial charge in [0.2, 0.25) is 0 Å². The van der Waals surface area contributed by atoms with Crippen LogP contribution in [0.3, 0.4) is 0 Å². The normalized spacial score (nSPS) is 11.8. The van der Waals surface area contributed by atoms with Crippen LogP contribution in [0.4, 0.5) is 18.9 Å². The first-order chi connectivity index (χ1) is 9.90. The van der Waals surface area contributed by atoms with Crippen molar-refractivity contribution in [2.75, 3.05) is 7.11 Å². The van der Waals surface area contributed by atoms with Crippen molar-refractivity contribution in [1.82, 2.24) is 0 Å². The van der Waals surface area contributed by atoms with Crippen LogP contribution in [0.1, 0.15) is 11.1 Å². The lowest BCUT2D eigenvalue weighted by Gasteiger charge is -2.09. The lowest BCUT2D eigenvalue weighted by atomic mass is 10.1. The van der Waals surface area contributed by atoms with Crippen molar-refractivity contribution in [3.05, 3.63) is 53.6 Å². The van der Waals surface area contributed by atoms with Gasteiger partial charge in [-0.1, -0.05) is 12.1 Å². The molecule has 2 rings (SSSR count). The van der Waals surface area contributed by atoms with Crippen molar-refractivity contribution in [3.8, 4) is 11.5 Å². The van der Waals surface area contributed by atoms with E-state index in [0.29, 0.717) is 5.56 Å². The van der Waals surface area contributed by atoms with Gasteiger partial charge in [0.15, 0.2) is 0 Å². The van der Waals surface area contributed by atoms with Crippen LogP contribution in [0.5, 0.6) is 11.5 Å². The van der Waals surface area contributed by atoms with Crippen molar-refractivity contribution in [2.24, 2.45) is 4.99 Å². The number of phenols is 1. The monoisotopic (exact) mass is 295 g/mol. The highest BCUT2D eigenvalue weighted by Gasteiger charge is 2.31. The number of methoxy groups -OCH3 is 1. The maximum Gasteiger partial charge on any atom is 0.416 e. The third kappa shape index (κ3) is 3.75. The van der Waals surface area contributed by atoms with E-state index in [-0.39, 0.29) is 17.2 Å². The Balaban J connectivity index is 2.38. The van der Waals surface area contributed by atoms with Crippen LogP contribution >= 0.6 is 0 Å². The zero-order valence-electron chi connectivity index (χ0n) is 11.1. The summed E-state index contributed by atoms with van der Waals surface area (Å²) < 4.78 is 43.1. The molecule has 0 aromatic heterocycles. The first-order valence-electron chi connectivity index (χ1n) is 5.98. The molecule has 0 aliphatic heterocycles. The summed E-state index contributed by atoms with van der Waals surface area (Å²) >= 11 is 0. The molecule has 0 bridgehead atoms. The van der Waals surface area contributed by atoms with Gasteiger partial charge in [0, 0.05) is 17.8 Å². The van der Waals surface area contributed by atoms with Gasteiger partial charge in [-0.05, 0) is 24.3 Å². The fourth-order valence-electron chi connectivity index (χ4n) is 1.68. The highest BCUT2D eigenvalue weighted by molar-refractivity contribution is 5.85. The number of alkyl halides is 3.